The van der Waals surface area contributed by atoms with Crippen LogP contribution in [0.1, 0.15) is 32.0 Å². The first-order valence-electron chi connectivity index (χ1n) is 14.1. The van der Waals surface area contributed by atoms with Gasteiger partial charge in [-0.25, -0.2) is 9.78 Å². The van der Waals surface area contributed by atoms with E-state index < -0.39 is 11.9 Å². The lowest BCUT2D eigenvalue weighted by Crippen LogP contribution is -2.10. The van der Waals surface area contributed by atoms with Crippen molar-refractivity contribution in [2.75, 3.05) is 7.11 Å². The zero-order valence-corrected chi connectivity index (χ0v) is 24.7. The molecule has 0 unspecified atom stereocenters. The molecule has 8 heteroatoms. The molecule has 2 aromatic heterocycles. The number of hydrogen-bond acceptors (Lipinski definition) is 5. The van der Waals surface area contributed by atoms with Crippen molar-refractivity contribution in [3.05, 3.63) is 138 Å². The van der Waals surface area contributed by atoms with Crippen LogP contribution in [0.2, 0.25) is 0 Å². The number of pyridine rings is 1. The van der Waals surface area contributed by atoms with Gasteiger partial charge >= 0.3 is 11.9 Å². The first-order valence-corrected chi connectivity index (χ1v) is 14.1. The second-order valence-corrected chi connectivity index (χ2v) is 10.2. The molecule has 0 spiro atoms. The van der Waals surface area contributed by atoms with Crippen LogP contribution in [-0.2, 0) is 11.2 Å². The predicted molar refractivity (Wildman–Crippen MR) is 175 cm³/mol. The van der Waals surface area contributed by atoms with Gasteiger partial charge in [0.25, 0.3) is 5.91 Å². The highest BCUT2D eigenvalue weighted by atomic mass is 16.5. The molecule has 6 aromatic rings. The molecule has 224 valence electrons. The molecule has 0 fully saturated rings. The van der Waals surface area contributed by atoms with Crippen LogP contribution in [0.5, 0.6) is 5.75 Å². The number of para-hydroxylation sites is 1. The molecule has 8 nitrogen and oxygen atoms in total. The highest BCUT2D eigenvalue weighted by molar-refractivity contribution is 6.04. The second-order valence-electron chi connectivity index (χ2n) is 10.2. The number of allylic oxidation sites excluding steroid dienone is 1. The largest absolute Gasteiger partial charge is 0.497 e. The van der Waals surface area contributed by atoms with Crippen LogP contribution in [0.25, 0.3) is 39.1 Å². The normalized spacial score (nSPS) is 10.9. The predicted octanol–water partition coefficient (Wildman–Crippen LogP) is 7.54. The fraction of sp³-hybridized carbons (Fsp3) is 0.0811. The topological polar surface area (TPSA) is 119 Å². The lowest BCUT2D eigenvalue weighted by molar-refractivity contribution is -0.136. The Labute approximate surface area is 259 Å². The highest BCUT2D eigenvalue weighted by Gasteiger charge is 2.20. The van der Waals surface area contributed by atoms with Crippen molar-refractivity contribution in [3.63, 3.8) is 0 Å². The Balaban J connectivity index is 0.000000186. The van der Waals surface area contributed by atoms with Gasteiger partial charge in [0, 0.05) is 28.1 Å². The molecular weight excluding hydrogens is 568 g/mol. The quantitative estimate of drug-likeness (QED) is 0.182. The van der Waals surface area contributed by atoms with E-state index in [-0.39, 0.29) is 17.9 Å². The van der Waals surface area contributed by atoms with Crippen molar-refractivity contribution in [2.24, 2.45) is 0 Å². The average molecular weight is 599 g/mol. The monoisotopic (exact) mass is 598 g/mol. The van der Waals surface area contributed by atoms with Gasteiger partial charge in [0.2, 0.25) is 0 Å². The molecular formula is C37H30N2O6. The summed E-state index contributed by atoms with van der Waals surface area (Å²) in [4.78, 5) is 40.0. The molecule has 0 saturated carbocycles. The molecule has 0 atom stereocenters. The number of benzene rings is 4. The van der Waals surface area contributed by atoms with E-state index in [1.165, 1.54) is 6.08 Å². The van der Waals surface area contributed by atoms with Gasteiger partial charge in [-0.15, -0.1) is 0 Å². The summed E-state index contributed by atoms with van der Waals surface area (Å²) in [6.07, 6.45) is 3.09. The van der Waals surface area contributed by atoms with E-state index in [0.717, 1.165) is 11.1 Å². The molecule has 0 saturated heterocycles. The van der Waals surface area contributed by atoms with Gasteiger partial charge in [-0.2, -0.15) is 0 Å². The SMILES string of the molecule is COc1ccc2c(c1)c(CC(=O)O)c(C)n2C(=O)/C=C/c1ccccc1.O=C(O)c1cc(-c2ccccc2)nc2ccccc12. The van der Waals surface area contributed by atoms with Gasteiger partial charge in [-0.1, -0.05) is 78.9 Å². The van der Waals surface area contributed by atoms with Crippen LogP contribution >= 0.6 is 0 Å². The third kappa shape index (κ3) is 6.81. The van der Waals surface area contributed by atoms with Crippen LogP contribution in [0.3, 0.4) is 0 Å². The van der Waals surface area contributed by atoms with Crippen LogP contribution in [-0.4, -0.2) is 44.7 Å². The summed E-state index contributed by atoms with van der Waals surface area (Å²) < 4.78 is 6.79. The number of carboxylic acid groups (broad SMARTS) is 2. The zero-order valence-electron chi connectivity index (χ0n) is 24.7. The maximum atomic E-state index is 12.8. The summed E-state index contributed by atoms with van der Waals surface area (Å²) in [5, 5.41) is 19.9. The van der Waals surface area contributed by atoms with Crippen molar-refractivity contribution in [2.45, 2.75) is 13.3 Å². The fourth-order valence-corrected chi connectivity index (χ4v) is 5.16. The summed E-state index contributed by atoms with van der Waals surface area (Å²) >= 11 is 0. The lowest BCUT2D eigenvalue weighted by Gasteiger charge is -2.06. The van der Waals surface area contributed by atoms with E-state index in [9.17, 15) is 24.6 Å². The number of aromatic nitrogens is 2. The molecule has 45 heavy (non-hydrogen) atoms. The van der Waals surface area contributed by atoms with Gasteiger partial charge in [0.1, 0.15) is 5.75 Å². The molecule has 6 rings (SSSR count). The van der Waals surface area contributed by atoms with Gasteiger partial charge < -0.3 is 14.9 Å². The number of aromatic carboxylic acids is 1. The van der Waals surface area contributed by atoms with Gasteiger partial charge in [-0.05, 0) is 54.5 Å². The van der Waals surface area contributed by atoms with Gasteiger partial charge in [-0.3, -0.25) is 14.2 Å². The molecule has 4 aromatic carbocycles. The molecule has 0 amide bonds. The summed E-state index contributed by atoms with van der Waals surface area (Å²) in [6.45, 7) is 1.76. The Morgan fingerprint density at radius 1 is 0.822 bits per heavy atom. The van der Waals surface area contributed by atoms with Crippen molar-refractivity contribution in [3.8, 4) is 17.0 Å². The van der Waals surface area contributed by atoms with E-state index >= 15 is 0 Å². The Morgan fingerprint density at radius 3 is 2.16 bits per heavy atom. The number of carboxylic acids is 2. The minimum Gasteiger partial charge on any atom is -0.497 e. The molecule has 0 aliphatic carbocycles. The lowest BCUT2D eigenvalue weighted by atomic mass is 10.0. The number of carbonyl (C=O) groups excluding carboxylic acids is 1. The fourth-order valence-electron chi connectivity index (χ4n) is 5.16. The number of rotatable bonds is 7. The van der Waals surface area contributed by atoms with Crippen LogP contribution in [0, 0.1) is 6.92 Å². The molecule has 2 N–H and O–H groups in total. The van der Waals surface area contributed by atoms with Gasteiger partial charge in [0.05, 0.1) is 35.8 Å². The highest BCUT2D eigenvalue weighted by Crippen LogP contribution is 2.30. The zero-order chi connectivity index (χ0) is 31.9. The average Bonchev–Trinajstić information content (AvgIpc) is 3.33. The summed E-state index contributed by atoms with van der Waals surface area (Å²) in [5.41, 5.74) is 5.40. The number of aliphatic carboxylic acids is 1. The first-order chi connectivity index (χ1) is 21.8. The van der Waals surface area contributed by atoms with E-state index in [0.29, 0.717) is 44.5 Å². The molecule has 0 bridgehead atoms. The number of nitrogens with zero attached hydrogens (tertiary/aromatic N) is 2. The van der Waals surface area contributed by atoms with Crippen molar-refractivity contribution >= 4 is 45.7 Å². The summed E-state index contributed by atoms with van der Waals surface area (Å²) in [6, 6.07) is 33.3. The van der Waals surface area contributed by atoms with Crippen LogP contribution < -0.4 is 4.74 Å². The number of ether oxygens (including phenoxy) is 1. The summed E-state index contributed by atoms with van der Waals surface area (Å²) in [5.74, 6) is -1.48. The van der Waals surface area contributed by atoms with E-state index in [1.54, 1.807) is 55.0 Å². The Hall–Kier alpha value is -6.02. The first kappa shape index (κ1) is 30.4. The third-order valence-electron chi connectivity index (χ3n) is 7.32. The molecule has 0 radical (unpaired) electrons. The number of carbonyl (C=O) groups is 3. The minimum absolute atomic E-state index is 0.155. The molecule has 0 aliphatic heterocycles. The van der Waals surface area contributed by atoms with Crippen LogP contribution in [0.4, 0.5) is 0 Å². The molecule has 2 heterocycles. The molecule has 0 aliphatic rings. The second kappa shape index (κ2) is 13.5. The van der Waals surface area contributed by atoms with Crippen molar-refractivity contribution < 1.29 is 29.3 Å². The smallest absolute Gasteiger partial charge is 0.336 e. The van der Waals surface area contributed by atoms with E-state index in [1.807, 2.05) is 78.9 Å². The Morgan fingerprint density at radius 2 is 1.49 bits per heavy atom. The number of methoxy groups -OCH3 is 1. The van der Waals surface area contributed by atoms with Crippen molar-refractivity contribution in [1.29, 1.82) is 0 Å². The van der Waals surface area contributed by atoms with Crippen molar-refractivity contribution in [1.82, 2.24) is 9.55 Å². The maximum absolute atomic E-state index is 12.8. The summed E-state index contributed by atoms with van der Waals surface area (Å²) in [7, 11) is 1.55. The number of hydrogen-bond donors (Lipinski definition) is 2. The Kier molecular flexibility index (Phi) is 9.15. The Bertz CT molecular complexity index is 2050. The van der Waals surface area contributed by atoms with Crippen LogP contribution in [0.15, 0.2) is 115 Å². The number of fused-ring (bicyclic) bond motifs is 2. The minimum atomic E-state index is -0.942. The van der Waals surface area contributed by atoms with Gasteiger partial charge in [0.15, 0.2) is 0 Å². The standard InChI is InChI=1S/C21H19NO4.C16H11NO2/c1-14-17(13-21(24)25)18-12-16(26-2)9-10-19(18)22(14)20(23)11-8-15-6-4-3-5-7-15;18-16(19)13-10-15(11-6-2-1-3-7-11)17-14-9-5-4-8-12(13)14/h3-12H,13H2,1-2H3,(H,24,25);1-10H,(H,18,19)/b11-8+;. The van der Waals surface area contributed by atoms with E-state index in [2.05, 4.69) is 4.98 Å². The maximum Gasteiger partial charge on any atom is 0.336 e. The third-order valence-corrected chi connectivity index (χ3v) is 7.32. The van der Waals surface area contributed by atoms with E-state index in [4.69, 9.17) is 4.74 Å².